The number of methoxy groups -OCH3 is 1. The first kappa shape index (κ1) is 14.9. The molecule has 0 saturated carbocycles. The van der Waals surface area contributed by atoms with Gasteiger partial charge in [-0.05, 0) is 24.3 Å². The monoisotopic (exact) mass is 307 g/mol. The van der Waals surface area contributed by atoms with E-state index in [1.54, 1.807) is 19.3 Å². The number of benzene rings is 2. The van der Waals surface area contributed by atoms with Crippen LogP contribution in [-0.4, -0.2) is 11.7 Å². The second-order valence-corrected chi connectivity index (χ2v) is 5.12. The molecule has 1 aromatic heterocycles. The molecule has 0 saturated heterocycles. The second kappa shape index (κ2) is 6.40. The van der Waals surface area contributed by atoms with Crippen molar-refractivity contribution >= 4 is 0 Å². The number of rotatable bonds is 4. The third-order valence-corrected chi connectivity index (χ3v) is 3.54. The van der Waals surface area contributed by atoms with Gasteiger partial charge in [-0.15, -0.1) is 0 Å². The van der Waals surface area contributed by atoms with Gasteiger partial charge in [0, 0.05) is 24.4 Å². The molecular formula is C19H17NO3. The van der Waals surface area contributed by atoms with Crippen LogP contribution in [-0.2, 0) is 7.05 Å². The molecule has 0 spiro atoms. The molecule has 0 aliphatic carbocycles. The normalized spacial score (nSPS) is 10.3. The van der Waals surface area contributed by atoms with Crippen LogP contribution in [0.5, 0.6) is 17.2 Å². The van der Waals surface area contributed by atoms with Gasteiger partial charge >= 0.3 is 0 Å². The third kappa shape index (κ3) is 3.11. The quantitative estimate of drug-likeness (QED) is 0.735. The zero-order valence-electron chi connectivity index (χ0n) is 13.0. The highest BCUT2D eigenvalue weighted by Gasteiger charge is 2.11. The average molecular weight is 307 g/mol. The zero-order chi connectivity index (χ0) is 16.2. The van der Waals surface area contributed by atoms with Gasteiger partial charge in [-0.2, -0.15) is 0 Å². The van der Waals surface area contributed by atoms with Crippen LogP contribution in [0.15, 0.2) is 71.7 Å². The summed E-state index contributed by atoms with van der Waals surface area (Å²) in [6.45, 7) is 0. The van der Waals surface area contributed by atoms with E-state index >= 15 is 0 Å². The standard InChI is InChI=1S/C19H17NO3/c1-20-13-14(12-18(22-2)19(20)21)16-10-6-7-11-17(16)23-15-8-4-3-5-9-15/h3-13H,1-2H3. The summed E-state index contributed by atoms with van der Waals surface area (Å²) in [6.07, 6.45) is 1.78. The lowest BCUT2D eigenvalue weighted by atomic mass is 10.1. The van der Waals surface area contributed by atoms with Crippen LogP contribution in [0.2, 0.25) is 0 Å². The number of aromatic nitrogens is 1. The van der Waals surface area contributed by atoms with Crippen LogP contribution in [0.4, 0.5) is 0 Å². The fraction of sp³-hybridized carbons (Fsp3) is 0.105. The van der Waals surface area contributed by atoms with Crippen molar-refractivity contribution in [3.05, 3.63) is 77.2 Å². The molecule has 0 fully saturated rings. The highest BCUT2D eigenvalue weighted by molar-refractivity contribution is 5.71. The molecule has 3 rings (SSSR count). The Bertz CT molecular complexity index is 869. The van der Waals surface area contributed by atoms with Crippen molar-refractivity contribution < 1.29 is 9.47 Å². The molecule has 3 aromatic rings. The van der Waals surface area contributed by atoms with Gasteiger partial charge in [-0.25, -0.2) is 0 Å². The highest BCUT2D eigenvalue weighted by atomic mass is 16.5. The molecule has 2 aromatic carbocycles. The molecule has 4 heteroatoms. The molecule has 4 nitrogen and oxygen atoms in total. The fourth-order valence-corrected chi connectivity index (χ4v) is 2.38. The molecular weight excluding hydrogens is 290 g/mol. The van der Waals surface area contributed by atoms with E-state index in [1.165, 1.54) is 11.7 Å². The van der Waals surface area contributed by atoms with E-state index in [1.807, 2.05) is 54.6 Å². The Labute approximate surface area is 134 Å². The summed E-state index contributed by atoms with van der Waals surface area (Å²) in [5.74, 6) is 1.79. The van der Waals surface area contributed by atoms with E-state index in [-0.39, 0.29) is 5.56 Å². The molecule has 1 heterocycles. The number of nitrogens with zero attached hydrogens (tertiary/aromatic N) is 1. The summed E-state index contributed by atoms with van der Waals surface area (Å²) in [7, 11) is 3.20. The molecule has 0 aliphatic heterocycles. The van der Waals surface area contributed by atoms with E-state index in [9.17, 15) is 4.79 Å². The maximum atomic E-state index is 12.0. The number of para-hydroxylation sites is 2. The second-order valence-electron chi connectivity index (χ2n) is 5.12. The highest BCUT2D eigenvalue weighted by Crippen LogP contribution is 2.33. The molecule has 116 valence electrons. The van der Waals surface area contributed by atoms with Crippen LogP contribution < -0.4 is 15.0 Å². The molecule has 0 atom stereocenters. The smallest absolute Gasteiger partial charge is 0.292 e. The maximum Gasteiger partial charge on any atom is 0.292 e. The average Bonchev–Trinajstić information content (AvgIpc) is 2.59. The summed E-state index contributed by atoms with van der Waals surface area (Å²) in [6, 6.07) is 19.0. The number of pyridine rings is 1. The van der Waals surface area contributed by atoms with Gasteiger partial charge in [-0.1, -0.05) is 36.4 Å². The minimum absolute atomic E-state index is 0.169. The largest absolute Gasteiger partial charge is 0.491 e. The summed E-state index contributed by atoms with van der Waals surface area (Å²) in [5, 5.41) is 0. The van der Waals surface area contributed by atoms with Crippen molar-refractivity contribution in [2.24, 2.45) is 7.05 Å². The van der Waals surface area contributed by atoms with Crippen LogP contribution in [0.1, 0.15) is 0 Å². The lowest BCUT2D eigenvalue weighted by Crippen LogP contribution is -2.17. The Hall–Kier alpha value is -3.01. The summed E-state index contributed by atoms with van der Waals surface area (Å²) in [4.78, 5) is 12.0. The predicted molar refractivity (Wildman–Crippen MR) is 90.2 cm³/mol. The van der Waals surface area contributed by atoms with E-state index in [0.717, 1.165) is 22.6 Å². The first-order chi connectivity index (χ1) is 11.2. The first-order valence-electron chi connectivity index (χ1n) is 7.26. The molecule has 0 bridgehead atoms. The van der Waals surface area contributed by atoms with E-state index in [4.69, 9.17) is 9.47 Å². The van der Waals surface area contributed by atoms with Crippen molar-refractivity contribution in [2.45, 2.75) is 0 Å². The first-order valence-corrected chi connectivity index (χ1v) is 7.26. The maximum absolute atomic E-state index is 12.0. The molecule has 0 aliphatic rings. The number of aryl methyl sites for hydroxylation is 1. The minimum Gasteiger partial charge on any atom is -0.491 e. The Morgan fingerprint density at radius 1 is 0.913 bits per heavy atom. The molecule has 0 unspecified atom stereocenters. The zero-order valence-corrected chi connectivity index (χ0v) is 13.0. The van der Waals surface area contributed by atoms with Gasteiger partial charge in [0.15, 0.2) is 5.75 Å². The van der Waals surface area contributed by atoms with E-state index < -0.39 is 0 Å². The van der Waals surface area contributed by atoms with Crippen LogP contribution in [0.3, 0.4) is 0 Å². The van der Waals surface area contributed by atoms with Crippen LogP contribution in [0, 0.1) is 0 Å². The van der Waals surface area contributed by atoms with Crippen molar-refractivity contribution in [1.82, 2.24) is 4.57 Å². The minimum atomic E-state index is -0.169. The fourth-order valence-electron chi connectivity index (χ4n) is 2.38. The number of ether oxygens (including phenoxy) is 2. The molecule has 0 N–H and O–H groups in total. The Balaban J connectivity index is 2.07. The Morgan fingerprint density at radius 2 is 1.61 bits per heavy atom. The van der Waals surface area contributed by atoms with Crippen molar-refractivity contribution in [3.8, 4) is 28.4 Å². The molecule has 0 radical (unpaired) electrons. The summed E-state index contributed by atoms with van der Waals surface area (Å²) >= 11 is 0. The van der Waals surface area contributed by atoms with E-state index in [0.29, 0.717) is 5.75 Å². The van der Waals surface area contributed by atoms with Gasteiger partial charge in [0.1, 0.15) is 11.5 Å². The van der Waals surface area contributed by atoms with Crippen molar-refractivity contribution in [3.63, 3.8) is 0 Å². The number of hydrogen-bond acceptors (Lipinski definition) is 3. The third-order valence-electron chi connectivity index (χ3n) is 3.54. The summed E-state index contributed by atoms with van der Waals surface area (Å²) < 4.78 is 12.7. The van der Waals surface area contributed by atoms with Gasteiger partial charge in [-0.3, -0.25) is 4.79 Å². The van der Waals surface area contributed by atoms with Crippen molar-refractivity contribution in [2.75, 3.05) is 7.11 Å². The van der Waals surface area contributed by atoms with Gasteiger partial charge in [0.2, 0.25) is 0 Å². The lowest BCUT2D eigenvalue weighted by Gasteiger charge is -2.13. The van der Waals surface area contributed by atoms with Gasteiger partial charge in [0.25, 0.3) is 5.56 Å². The molecule has 23 heavy (non-hydrogen) atoms. The Kier molecular flexibility index (Phi) is 4.15. The number of hydrogen-bond donors (Lipinski definition) is 0. The van der Waals surface area contributed by atoms with Crippen molar-refractivity contribution in [1.29, 1.82) is 0 Å². The predicted octanol–water partition coefficient (Wildman–Crippen LogP) is 3.85. The topological polar surface area (TPSA) is 40.5 Å². The SMILES string of the molecule is COc1cc(-c2ccccc2Oc2ccccc2)cn(C)c1=O. The van der Waals surface area contributed by atoms with Crippen LogP contribution >= 0.6 is 0 Å². The summed E-state index contributed by atoms with van der Waals surface area (Å²) in [5.41, 5.74) is 1.58. The Morgan fingerprint density at radius 3 is 2.35 bits per heavy atom. The van der Waals surface area contributed by atoms with E-state index in [2.05, 4.69) is 0 Å². The molecule has 0 amide bonds. The lowest BCUT2D eigenvalue weighted by molar-refractivity contribution is 0.405. The van der Waals surface area contributed by atoms with Crippen LogP contribution in [0.25, 0.3) is 11.1 Å². The van der Waals surface area contributed by atoms with Gasteiger partial charge < -0.3 is 14.0 Å². The van der Waals surface area contributed by atoms with Gasteiger partial charge in [0.05, 0.1) is 7.11 Å².